The van der Waals surface area contributed by atoms with E-state index in [0.717, 1.165) is 24.1 Å². The summed E-state index contributed by atoms with van der Waals surface area (Å²) in [5.41, 5.74) is 4.76. The molecule has 100 valence electrons. The van der Waals surface area contributed by atoms with Gasteiger partial charge >= 0.3 is 0 Å². The number of benzene rings is 1. The molecular weight excluding hydrogens is 234 g/mol. The smallest absolute Gasteiger partial charge is 0.0598 e. The van der Waals surface area contributed by atoms with E-state index in [1.165, 1.54) is 11.1 Å². The molecule has 1 aromatic carbocycles. The van der Waals surface area contributed by atoms with Crippen molar-refractivity contribution < 1.29 is 5.11 Å². The number of nitrogens with zero attached hydrogens (tertiary/aromatic N) is 1. The zero-order chi connectivity index (χ0) is 13.7. The summed E-state index contributed by atoms with van der Waals surface area (Å²) in [5, 5.41) is 10.1. The van der Waals surface area contributed by atoms with Crippen LogP contribution < -0.4 is 0 Å². The average molecular weight is 255 g/mol. The molecule has 0 bridgehead atoms. The van der Waals surface area contributed by atoms with Crippen LogP contribution in [0.2, 0.25) is 0 Å². The second-order valence-electron chi connectivity index (χ2n) is 5.09. The van der Waals surface area contributed by atoms with E-state index in [2.05, 4.69) is 30.1 Å². The summed E-state index contributed by atoms with van der Waals surface area (Å²) in [6.07, 6.45) is 3.79. The van der Waals surface area contributed by atoms with Crippen LogP contribution in [-0.4, -0.2) is 16.2 Å². The van der Waals surface area contributed by atoms with Crippen LogP contribution in [0, 0.1) is 13.8 Å². The van der Waals surface area contributed by atoms with Gasteiger partial charge in [-0.05, 0) is 49.4 Å². The number of hydrogen-bond acceptors (Lipinski definition) is 2. The van der Waals surface area contributed by atoms with Crippen molar-refractivity contribution in [2.24, 2.45) is 0 Å². The van der Waals surface area contributed by atoms with Crippen molar-refractivity contribution in [2.75, 3.05) is 0 Å². The summed E-state index contributed by atoms with van der Waals surface area (Å²) >= 11 is 0. The van der Waals surface area contributed by atoms with Gasteiger partial charge in [0, 0.05) is 18.3 Å². The second kappa shape index (κ2) is 6.48. The molecule has 2 nitrogen and oxygen atoms in total. The Balaban J connectivity index is 1.90. The Morgan fingerprint density at radius 3 is 2.53 bits per heavy atom. The van der Waals surface area contributed by atoms with E-state index in [-0.39, 0.29) is 6.10 Å². The van der Waals surface area contributed by atoms with E-state index >= 15 is 0 Å². The highest BCUT2D eigenvalue weighted by atomic mass is 16.3. The zero-order valence-corrected chi connectivity index (χ0v) is 11.6. The molecule has 0 spiro atoms. The van der Waals surface area contributed by atoms with Crippen LogP contribution in [0.1, 0.15) is 28.8 Å². The molecule has 19 heavy (non-hydrogen) atoms. The molecular formula is C17H21NO. The first-order chi connectivity index (χ1) is 9.16. The summed E-state index contributed by atoms with van der Waals surface area (Å²) in [7, 11) is 0. The van der Waals surface area contributed by atoms with Gasteiger partial charge in [-0.1, -0.05) is 30.3 Å². The Kier molecular flexibility index (Phi) is 4.69. The van der Waals surface area contributed by atoms with Gasteiger partial charge in [-0.2, -0.15) is 0 Å². The first-order valence-corrected chi connectivity index (χ1v) is 6.80. The summed E-state index contributed by atoms with van der Waals surface area (Å²) in [6.45, 7) is 4.15. The predicted octanol–water partition coefficient (Wildman–Crippen LogP) is 3.23. The van der Waals surface area contributed by atoms with Crippen molar-refractivity contribution in [1.82, 2.24) is 4.98 Å². The Morgan fingerprint density at radius 1 is 1.05 bits per heavy atom. The molecule has 2 aromatic rings. The highest BCUT2D eigenvalue weighted by Gasteiger charge is 2.09. The van der Waals surface area contributed by atoms with Crippen LogP contribution in [0.4, 0.5) is 0 Å². The fourth-order valence-corrected chi connectivity index (χ4v) is 2.27. The van der Waals surface area contributed by atoms with Crippen molar-refractivity contribution in [2.45, 2.75) is 39.2 Å². The minimum Gasteiger partial charge on any atom is -0.393 e. The van der Waals surface area contributed by atoms with Gasteiger partial charge in [0.05, 0.1) is 6.10 Å². The van der Waals surface area contributed by atoms with Gasteiger partial charge in [0.25, 0.3) is 0 Å². The van der Waals surface area contributed by atoms with Gasteiger partial charge in [-0.3, -0.25) is 4.98 Å². The maximum atomic E-state index is 10.1. The van der Waals surface area contributed by atoms with Crippen LogP contribution in [0.15, 0.2) is 42.6 Å². The van der Waals surface area contributed by atoms with Gasteiger partial charge in [0.15, 0.2) is 0 Å². The lowest BCUT2D eigenvalue weighted by Crippen LogP contribution is -2.13. The maximum Gasteiger partial charge on any atom is 0.0598 e. The molecule has 1 atom stereocenters. The lowest BCUT2D eigenvalue weighted by Gasteiger charge is -2.12. The van der Waals surface area contributed by atoms with Crippen molar-refractivity contribution in [3.8, 4) is 0 Å². The van der Waals surface area contributed by atoms with Gasteiger partial charge in [0.2, 0.25) is 0 Å². The van der Waals surface area contributed by atoms with Crippen LogP contribution in [0.3, 0.4) is 0 Å². The standard InChI is InChI=1S/C17H21NO/c1-13-6-3-4-8-15(13)9-10-16(19)12-17-14(2)7-5-11-18-17/h3-8,11,16,19H,9-10,12H2,1-2H3. The number of aryl methyl sites for hydroxylation is 3. The molecule has 0 aliphatic heterocycles. The molecule has 0 saturated carbocycles. The summed E-state index contributed by atoms with van der Waals surface area (Å²) in [5.74, 6) is 0. The number of pyridine rings is 1. The largest absolute Gasteiger partial charge is 0.393 e. The van der Waals surface area contributed by atoms with Crippen LogP contribution >= 0.6 is 0 Å². The molecule has 0 amide bonds. The number of aromatic nitrogens is 1. The Morgan fingerprint density at radius 2 is 1.79 bits per heavy atom. The van der Waals surface area contributed by atoms with Crippen molar-refractivity contribution >= 4 is 0 Å². The van der Waals surface area contributed by atoms with Crippen molar-refractivity contribution in [1.29, 1.82) is 0 Å². The first kappa shape index (κ1) is 13.8. The summed E-state index contributed by atoms with van der Waals surface area (Å²) < 4.78 is 0. The van der Waals surface area contributed by atoms with E-state index in [1.54, 1.807) is 6.20 Å². The Hall–Kier alpha value is -1.67. The van der Waals surface area contributed by atoms with E-state index in [0.29, 0.717) is 6.42 Å². The fraction of sp³-hybridized carbons (Fsp3) is 0.353. The van der Waals surface area contributed by atoms with Crippen LogP contribution in [0.5, 0.6) is 0 Å². The molecule has 1 heterocycles. The molecule has 1 aromatic heterocycles. The SMILES string of the molecule is Cc1ccccc1CCC(O)Cc1ncccc1C. The first-order valence-electron chi connectivity index (χ1n) is 6.80. The minimum atomic E-state index is -0.326. The molecule has 0 radical (unpaired) electrons. The van der Waals surface area contributed by atoms with Gasteiger partial charge < -0.3 is 5.11 Å². The monoisotopic (exact) mass is 255 g/mol. The lowest BCUT2D eigenvalue weighted by molar-refractivity contribution is 0.164. The van der Waals surface area contributed by atoms with Crippen LogP contribution in [-0.2, 0) is 12.8 Å². The quantitative estimate of drug-likeness (QED) is 0.889. The van der Waals surface area contributed by atoms with E-state index in [1.807, 2.05) is 25.1 Å². The number of rotatable bonds is 5. The van der Waals surface area contributed by atoms with E-state index in [4.69, 9.17) is 0 Å². The number of aliphatic hydroxyl groups excluding tert-OH is 1. The third-order valence-electron chi connectivity index (χ3n) is 3.55. The van der Waals surface area contributed by atoms with Gasteiger partial charge in [-0.15, -0.1) is 0 Å². The summed E-state index contributed by atoms with van der Waals surface area (Å²) in [6, 6.07) is 12.3. The molecule has 0 aliphatic carbocycles. The average Bonchev–Trinajstić information content (AvgIpc) is 2.40. The zero-order valence-electron chi connectivity index (χ0n) is 11.6. The second-order valence-corrected chi connectivity index (χ2v) is 5.09. The molecule has 0 saturated heterocycles. The maximum absolute atomic E-state index is 10.1. The fourth-order valence-electron chi connectivity index (χ4n) is 2.27. The normalized spacial score (nSPS) is 12.4. The highest BCUT2D eigenvalue weighted by Crippen LogP contribution is 2.13. The molecule has 1 N–H and O–H groups in total. The third-order valence-corrected chi connectivity index (χ3v) is 3.55. The van der Waals surface area contributed by atoms with Crippen molar-refractivity contribution in [3.63, 3.8) is 0 Å². The molecule has 2 rings (SSSR count). The molecule has 0 fully saturated rings. The number of hydrogen-bond donors (Lipinski definition) is 1. The molecule has 2 heteroatoms. The Labute approximate surface area is 115 Å². The van der Waals surface area contributed by atoms with Crippen molar-refractivity contribution in [3.05, 3.63) is 65.0 Å². The van der Waals surface area contributed by atoms with E-state index in [9.17, 15) is 5.11 Å². The van der Waals surface area contributed by atoms with Crippen LogP contribution in [0.25, 0.3) is 0 Å². The Bertz CT molecular complexity index is 536. The van der Waals surface area contributed by atoms with Gasteiger partial charge in [-0.25, -0.2) is 0 Å². The third kappa shape index (κ3) is 3.90. The highest BCUT2D eigenvalue weighted by molar-refractivity contribution is 5.25. The lowest BCUT2D eigenvalue weighted by atomic mass is 9.99. The van der Waals surface area contributed by atoms with E-state index < -0.39 is 0 Å². The predicted molar refractivity (Wildman–Crippen MR) is 78.2 cm³/mol. The topological polar surface area (TPSA) is 33.1 Å². The number of aliphatic hydroxyl groups is 1. The molecule has 0 aliphatic rings. The summed E-state index contributed by atoms with van der Waals surface area (Å²) in [4.78, 5) is 4.33. The van der Waals surface area contributed by atoms with Gasteiger partial charge in [0.1, 0.15) is 0 Å². The minimum absolute atomic E-state index is 0.326. The molecule has 1 unspecified atom stereocenters.